The molecule has 5 nitrogen and oxygen atoms in total. The van der Waals surface area contributed by atoms with Crippen LogP contribution in [0.4, 0.5) is 4.39 Å². The van der Waals surface area contributed by atoms with Crippen molar-refractivity contribution in [3.8, 4) is 0 Å². The molecule has 0 radical (unpaired) electrons. The number of halogens is 2. The highest BCUT2D eigenvalue weighted by Crippen LogP contribution is 2.26. The summed E-state index contributed by atoms with van der Waals surface area (Å²) in [5, 5.41) is 8.87. The molecular formula is C11H11BrFNO4S. The van der Waals surface area contributed by atoms with Crippen LogP contribution in [0, 0.1) is 0 Å². The molecule has 8 heteroatoms. The molecule has 0 unspecified atom stereocenters. The van der Waals surface area contributed by atoms with Gasteiger partial charge in [0.05, 0.1) is 10.5 Å². The molecule has 0 amide bonds. The van der Waals surface area contributed by atoms with Crippen LogP contribution in [0.15, 0.2) is 27.6 Å². The molecule has 0 aliphatic carbocycles. The SMILES string of the molecule is O=C(O)c1ccc(S(=O)(=O)N2CC[C@@H](F)C2)cc1Br. The monoisotopic (exact) mass is 351 g/mol. The van der Waals surface area contributed by atoms with Crippen molar-refractivity contribution in [2.45, 2.75) is 17.5 Å². The Morgan fingerprint density at radius 3 is 2.63 bits per heavy atom. The predicted octanol–water partition coefficient (Wildman–Crippen LogP) is 1.88. The Morgan fingerprint density at radius 2 is 2.16 bits per heavy atom. The molecule has 19 heavy (non-hydrogen) atoms. The number of carboxylic acid groups (broad SMARTS) is 1. The maximum atomic E-state index is 13.1. The van der Waals surface area contributed by atoms with Gasteiger partial charge in [0.15, 0.2) is 0 Å². The maximum Gasteiger partial charge on any atom is 0.336 e. The molecule has 0 aromatic heterocycles. The second kappa shape index (κ2) is 5.18. The van der Waals surface area contributed by atoms with Crippen LogP contribution in [-0.4, -0.2) is 43.1 Å². The molecule has 1 aliphatic rings. The van der Waals surface area contributed by atoms with Gasteiger partial charge in [-0.3, -0.25) is 0 Å². The minimum Gasteiger partial charge on any atom is -0.478 e. The van der Waals surface area contributed by atoms with Crippen molar-refractivity contribution in [2.24, 2.45) is 0 Å². The van der Waals surface area contributed by atoms with Crippen molar-refractivity contribution < 1.29 is 22.7 Å². The van der Waals surface area contributed by atoms with E-state index in [4.69, 9.17) is 5.11 Å². The van der Waals surface area contributed by atoms with Crippen LogP contribution in [0.1, 0.15) is 16.8 Å². The molecule has 0 spiro atoms. The summed E-state index contributed by atoms with van der Waals surface area (Å²) in [6, 6.07) is 3.65. The van der Waals surface area contributed by atoms with Crippen LogP contribution in [0.3, 0.4) is 0 Å². The molecule has 104 valence electrons. The minimum atomic E-state index is -3.77. The Bertz CT molecular complexity index is 619. The Morgan fingerprint density at radius 1 is 1.47 bits per heavy atom. The van der Waals surface area contributed by atoms with E-state index < -0.39 is 22.2 Å². The Hall–Kier alpha value is -0.990. The Labute approximate surface area is 118 Å². The largest absolute Gasteiger partial charge is 0.478 e. The summed E-state index contributed by atoms with van der Waals surface area (Å²) in [6.45, 7) is -0.0115. The molecule has 1 atom stereocenters. The van der Waals surface area contributed by atoms with Gasteiger partial charge in [0.1, 0.15) is 6.17 Å². The summed E-state index contributed by atoms with van der Waals surface area (Å²) in [5.41, 5.74) is -0.0243. The number of rotatable bonds is 3. The van der Waals surface area contributed by atoms with Crippen molar-refractivity contribution in [1.29, 1.82) is 0 Å². The number of benzene rings is 1. The molecule has 2 rings (SSSR count). The number of sulfonamides is 1. The molecular weight excluding hydrogens is 341 g/mol. The van der Waals surface area contributed by atoms with E-state index in [1.165, 1.54) is 18.2 Å². The highest BCUT2D eigenvalue weighted by atomic mass is 79.9. The summed E-state index contributed by atoms with van der Waals surface area (Å²) >= 11 is 3.02. The first-order chi connectivity index (χ1) is 8.82. The lowest BCUT2D eigenvalue weighted by Crippen LogP contribution is -2.29. The van der Waals surface area contributed by atoms with Crippen molar-refractivity contribution in [3.63, 3.8) is 0 Å². The number of hydrogen-bond acceptors (Lipinski definition) is 3. The number of alkyl halides is 1. The molecule has 1 N–H and O–H groups in total. The molecule has 0 saturated carbocycles. The smallest absolute Gasteiger partial charge is 0.336 e. The average Bonchev–Trinajstić information content (AvgIpc) is 2.76. The molecule has 0 bridgehead atoms. The lowest BCUT2D eigenvalue weighted by molar-refractivity contribution is 0.0695. The minimum absolute atomic E-state index is 0.0243. The van der Waals surface area contributed by atoms with Crippen molar-refractivity contribution >= 4 is 31.9 Å². The van der Waals surface area contributed by atoms with E-state index in [-0.39, 0.29) is 34.4 Å². The third-order valence-corrected chi connectivity index (χ3v) is 5.42. The van der Waals surface area contributed by atoms with E-state index in [0.717, 1.165) is 4.31 Å². The van der Waals surface area contributed by atoms with Gasteiger partial charge in [-0.1, -0.05) is 0 Å². The molecule has 1 saturated heterocycles. The molecule has 1 aliphatic heterocycles. The lowest BCUT2D eigenvalue weighted by Gasteiger charge is -2.15. The first kappa shape index (κ1) is 14.4. The highest BCUT2D eigenvalue weighted by Gasteiger charge is 2.32. The normalized spacial score (nSPS) is 20.6. The summed E-state index contributed by atoms with van der Waals surface area (Å²) in [6.07, 6.45) is -0.954. The van der Waals surface area contributed by atoms with Crippen molar-refractivity contribution in [2.75, 3.05) is 13.1 Å². The number of aromatic carboxylic acids is 1. The fraction of sp³-hybridized carbons (Fsp3) is 0.364. The quantitative estimate of drug-likeness (QED) is 0.902. The van der Waals surface area contributed by atoms with E-state index in [0.29, 0.717) is 0 Å². The van der Waals surface area contributed by atoms with Gasteiger partial charge < -0.3 is 5.11 Å². The Kier molecular flexibility index (Phi) is 3.93. The summed E-state index contributed by atoms with van der Waals surface area (Å²) in [4.78, 5) is 10.8. The third kappa shape index (κ3) is 2.80. The van der Waals surface area contributed by atoms with Crippen LogP contribution in [-0.2, 0) is 10.0 Å². The van der Waals surface area contributed by atoms with Gasteiger partial charge in [-0.2, -0.15) is 4.31 Å². The van der Waals surface area contributed by atoms with Gasteiger partial charge in [-0.05, 0) is 40.5 Å². The van der Waals surface area contributed by atoms with Gasteiger partial charge in [0.25, 0.3) is 0 Å². The van der Waals surface area contributed by atoms with Crippen molar-refractivity contribution in [3.05, 3.63) is 28.2 Å². The van der Waals surface area contributed by atoms with Crippen molar-refractivity contribution in [1.82, 2.24) is 4.31 Å². The summed E-state index contributed by atoms with van der Waals surface area (Å²) < 4.78 is 38.7. The first-order valence-corrected chi connectivity index (χ1v) is 7.73. The van der Waals surface area contributed by atoms with E-state index >= 15 is 0 Å². The average molecular weight is 352 g/mol. The predicted molar refractivity (Wildman–Crippen MR) is 69.4 cm³/mol. The van der Waals surface area contributed by atoms with E-state index in [2.05, 4.69) is 15.9 Å². The highest BCUT2D eigenvalue weighted by molar-refractivity contribution is 9.10. The maximum absolute atomic E-state index is 13.1. The second-order valence-corrected chi connectivity index (χ2v) is 6.99. The van der Waals surface area contributed by atoms with Crippen LogP contribution in [0.2, 0.25) is 0 Å². The second-order valence-electron chi connectivity index (χ2n) is 4.20. The Balaban J connectivity index is 2.36. The summed E-state index contributed by atoms with van der Waals surface area (Å²) in [5.74, 6) is -1.15. The molecule has 1 aromatic rings. The zero-order valence-corrected chi connectivity index (χ0v) is 12.1. The first-order valence-electron chi connectivity index (χ1n) is 5.49. The number of nitrogens with zero attached hydrogens (tertiary/aromatic N) is 1. The third-order valence-electron chi connectivity index (χ3n) is 2.90. The molecule has 1 fully saturated rings. The standard InChI is InChI=1S/C11H11BrFNO4S/c12-10-5-8(1-2-9(10)11(15)16)19(17,18)14-4-3-7(13)6-14/h1-2,5,7H,3-4,6H2,(H,15,16)/t7-/m1/s1. The van der Waals surface area contributed by atoms with E-state index in [1.54, 1.807) is 0 Å². The van der Waals surface area contributed by atoms with Gasteiger partial charge in [-0.15, -0.1) is 0 Å². The van der Waals surface area contributed by atoms with E-state index in [9.17, 15) is 17.6 Å². The fourth-order valence-corrected chi connectivity index (χ4v) is 4.09. The van der Waals surface area contributed by atoms with Crippen LogP contribution < -0.4 is 0 Å². The number of carboxylic acids is 1. The van der Waals surface area contributed by atoms with E-state index in [1.807, 2.05) is 0 Å². The zero-order chi connectivity index (χ0) is 14.2. The molecule has 1 heterocycles. The lowest BCUT2D eigenvalue weighted by atomic mass is 10.2. The van der Waals surface area contributed by atoms with Crippen LogP contribution >= 0.6 is 15.9 Å². The number of carbonyl (C=O) groups is 1. The molecule has 1 aromatic carbocycles. The van der Waals surface area contributed by atoms with Gasteiger partial charge in [0.2, 0.25) is 10.0 Å². The topological polar surface area (TPSA) is 74.7 Å². The van der Waals surface area contributed by atoms with Crippen LogP contribution in [0.25, 0.3) is 0 Å². The van der Waals surface area contributed by atoms with Gasteiger partial charge in [0, 0.05) is 17.6 Å². The zero-order valence-electron chi connectivity index (χ0n) is 9.71. The fourth-order valence-electron chi connectivity index (χ4n) is 1.88. The van der Waals surface area contributed by atoms with Gasteiger partial charge >= 0.3 is 5.97 Å². The van der Waals surface area contributed by atoms with Gasteiger partial charge in [-0.25, -0.2) is 17.6 Å². The van der Waals surface area contributed by atoms with Crippen LogP contribution in [0.5, 0.6) is 0 Å². The summed E-state index contributed by atoms with van der Waals surface area (Å²) in [7, 11) is -3.77. The number of hydrogen-bond donors (Lipinski definition) is 1.